The van der Waals surface area contributed by atoms with Gasteiger partial charge in [-0.3, -0.25) is 9.59 Å². The summed E-state index contributed by atoms with van der Waals surface area (Å²) in [4.78, 5) is 23.0. The second-order valence-corrected chi connectivity index (χ2v) is 4.91. The van der Waals surface area contributed by atoms with E-state index in [-0.39, 0.29) is 11.9 Å². The molecule has 0 heterocycles. The lowest BCUT2D eigenvalue weighted by Crippen LogP contribution is -2.42. The Labute approximate surface area is 112 Å². The molecule has 1 aliphatic carbocycles. The van der Waals surface area contributed by atoms with Gasteiger partial charge >= 0.3 is 0 Å². The highest BCUT2D eigenvalue weighted by atomic mass is 16.2. The highest BCUT2D eigenvalue weighted by Crippen LogP contribution is 2.18. The summed E-state index contributed by atoms with van der Waals surface area (Å²) in [5.74, 6) is -0.452. The van der Waals surface area contributed by atoms with Gasteiger partial charge in [-0.1, -0.05) is 18.2 Å². The molecule has 2 rings (SSSR count). The largest absolute Gasteiger partial charge is 0.366 e. The third-order valence-electron chi connectivity index (χ3n) is 3.20. The molecule has 4 N–H and O–H groups in total. The summed E-state index contributed by atoms with van der Waals surface area (Å²) in [6.07, 6.45) is 2.14. The molecule has 1 atom stereocenters. The maximum atomic E-state index is 11.8. The van der Waals surface area contributed by atoms with E-state index >= 15 is 0 Å². The van der Waals surface area contributed by atoms with Gasteiger partial charge in [0, 0.05) is 18.2 Å². The number of hydrogen-bond acceptors (Lipinski definition) is 3. The van der Waals surface area contributed by atoms with Gasteiger partial charge in [0.2, 0.25) is 11.8 Å². The van der Waals surface area contributed by atoms with Crippen molar-refractivity contribution in [2.75, 3.05) is 0 Å². The molecule has 0 saturated heterocycles. The van der Waals surface area contributed by atoms with Crippen molar-refractivity contribution in [2.45, 2.75) is 38.4 Å². The fourth-order valence-corrected chi connectivity index (χ4v) is 1.82. The Morgan fingerprint density at radius 2 is 2.05 bits per heavy atom. The number of carbonyl (C=O) groups excluding carboxylic acids is 2. The summed E-state index contributed by atoms with van der Waals surface area (Å²) < 4.78 is 0. The summed E-state index contributed by atoms with van der Waals surface area (Å²) in [5.41, 5.74) is 6.61. The molecule has 0 radical (unpaired) electrons. The molecular formula is C14H19N3O2. The zero-order valence-electron chi connectivity index (χ0n) is 11.0. The molecule has 1 aliphatic rings. The van der Waals surface area contributed by atoms with E-state index in [1.165, 1.54) is 0 Å². The van der Waals surface area contributed by atoms with Gasteiger partial charge in [-0.2, -0.15) is 0 Å². The van der Waals surface area contributed by atoms with Gasteiger partial charge in [0.1, 0.15) is 0 Å². The lowest BCUT2D eigenvalue weighted by atomic mass is 10.1. The van der Waals surface area contributed by atoms with Crippen LogP contribution in [0.15, 0.2) is 24.3 Å². The fraction of sp³-hybridized carbons (Fsp3) is 0.429. The van der Waals surface area contributed by atoms with Crippen LogP contribution in [0.2, 0.25) is 0 Å². The van der Waals surface area contributed by atoms with Crippen LogP contribution < -0.4 is 16.4 Å². The standard InChI is InChI=1S/C14H19N3O2/c1-9(14(19)17-11-6-7-11)16-8-10-4-2-3-5-12(10)13(15)18/h2-5,9,11,16H,6-8H2,1H3,(H2,15,18)(H,17,19). The van der Waals surface area contributed by atoms with Gasteiger partial charge in [0.15, 0.2) is 0 Å². The molecule has 0 bridgehead atoms. The number of amides is 2. The molecule has 19 heavy (non-hydrogen) atoms. The molecule has 0 spiro atoms. The highest BCUT2D eigenvalue weighted by molar-refractivity contribution is 5.94. The molecule has 1 aromatic rings. The van der Waals surface area contributed by atoms with Gasteiger partial charge < -0.3 is 16.4 Å². The monoisotopic (exact) mass is 261 g/mol. The third-order valence-corrected chi connectivity index (χ3v) is 3.20. The van der Waals surface area contributed by atoms with Crippen molar-refractivity contribution in [2.24, 2.45) is 5.73 Å². The number of carbonyl (C=O) groups is 2. The predicted octanol–water partition coefficient (Wildman–Crippen LogP) is 0.542. The van der Waals surface area contributed by atoms with E-state index in [2.05, 4.69) is 10.6 Å². The first-order chi connectivity index (χ1) is 9.08. The van der Waals surface area contributed by atoms with E-state index < -0.39 is 5.91 Å². The van der Waals surface area contributed by atoms with Crippen molar-refractivity contribution >= 4 is 11.8 Å². The highest BCUT2D eigenvalue weighted by Gasteiger charge is 2.25. The molecule has 5 nitrogen and oxygen atoms in total. The first-order valence-electron chi connectivity index (χ1n) is 6.49. The van der Waals surface area contributed by atoms with E-state index in [0.29, 0.717) is 18.2 Å². The first kappa shape index (κ1) is 13.5. The molecule has 2 amide bonds. The minimum absolute atomic E-state index is 0.000874. The van der Waals surface area contributed by atoms with Crippen LogP contribution in [-0.2, 0) is 11.3 Å². The van der Waals surface area contributed by atoms with E-state index in [0.717, 1.165) is 18.4 Å². The number of nitrogens with two attached hydrogens (primary N) is 1. The van der Waals surface area contributed by atoms with Crippen molar-refractivity contribution < 1.29 is 9.59 Å². The number of nitrogens with one attached hydrogen (secondary N) is 2. The molecule has 0 aromatic heterocycles. The summed E-state index contributed by atoms with van der Waals surface area (Å²) in [7, 11) is 0. The summed E-state index contributed by atoms with van der Waals surface area (Å²) in [5, 5.41) is 6.04. The zero-order valence-corrected chi connectivity index (χ0v) is 11.0. The number of primary amides is 1. The SMILES string of the molecule is CC(NCc1ccccc1C(N)=O)C(=O)NC1CC1. The molecule has 1 saturated carbocycles. The summed E-state index contributed by atoms with van der Waals surface area (Å²) in [6, 6.07) is 7.20. The van der Waals surface area contributed by atoms with Crippen molar-refractivity contribution in [3.8, 4) is 0 Å². The Bertz CT molecular complexity index is 483. The minimum atomic E-state index is -0.451. The molecule has 5 heteroatoms. The molecule has 1 aromatic carbocycles. The van der Waals surface area contributed by atoms with Gasteiger partial charge in [0.25, 0.3) is 0 Å². The van der Waals surface area contributed by atoms with E-state index in [1.54, 1.807) is 12.1 Å². The number of rotatable bonds is 6. The topological polar surface area (TPSA) is 84.2 Å². The lowest BCUT2D eigenvalue weighted by molar-refractivity contribution is -0.122. The van der Waals surface area contributed by atoms with Crippen molar-refractivity contribution in [3.05, 3.63) is 35.4 Å². The molecule has 0 aliphatic heterocycles. The lowest BCUT2D eigenvalue weighted by Gasteiger charge is -2.14. The van der Waals surface area contributed by atoms with E-state index in [4.69, 9.17) is 5.73 Å². The van der Waals surface area contributed by atoms with Crippen LogP contribution in [0.1, 0.15) is 35.7 Å². The molecular weight excluding hydrogens is 242 g/mol. The van der Waals surface area contributed by atoms with Crippen molar-refractivity contribution in [3.63, 3.8) is 0 Å². The first-order valence-corrected chi connectivity index (χ1v) is 6.49. The number of benzene rings is 1. The van der Waals surface area contributed by atoms with Crippen LogP contribution in [0, 0.1) is 0 Å². The van der Waals surface area contributed by atoms with Crippen LogP contribution in [0.25, 0.3) is 0 Å². The van der Waals surface area contributed by atoms with Crippen LogP contribution >= 0.6 is 0 Å². The van der Waals surface area contributed by atoms with Crippen LogP contribution in [0.4, 0.5) is 0 Å². The molecule has 102 valence electrons. The Kier molecular flexibility index (Phi) is 4.16. The van der Waals surface area contributed by atoms with Gasteiger partial charge in [-0.15, -0.1) is 0 Å². The minimum Gasteiger partial charge on any atom is -0.366 e. The van der Waals surface area contributed by atoms with Crippen molar-refractivity contribution in [1.29, 1.82) is 0 Å². The number of hydrogen-bond donors (Lipinski definition) is 3. The average Bonchev–Trinajstić information content (AvgIpc) is 3.20. The van der Waals surface area contributed by atoms with Crippen LogP contribution in [-0.4, -0.2) is 23.9 Å². The van der Waals surface area contributed by atoms with Crippen LogP contribution in [0.3, 0.4) is 0 Å². The summed E-state index contributed by atoms with van der Waals surface area (Å²) in [6.45, 7) is 2.25. The van der Waals surface area contributed by atoms with Crippen LogP contribution in [0.5, 0.6) is 0 Å². The molecule has 1 fully saturated rings. The van der Waals surface area contributed by atoms with E-state index in [1.807, 2.05) is 19.1 Å². The Hall–Kier alpha value is -1.88. The maximum Gasteiger partial charge on any atom is 0.249 e. The normalized spacial score (nSPS) is 15.8. The second kappa shape index (κ2) is 5.84. The quantitative estimate of drug-likeness (QED) is 0.699. The Balaban J connectivity index is 1.90. The van der Waals surface area contributed by atoms with E-state index in [9.17, 15) is 9.59 Å². The Morgan fingerprint density at radius 1 is 1.37 bits per heavy atom. The fourth-order valence-electron chi connectivity index (χ4n) is 1.82. The summed E-state index contributed by atoms with van der Waals surface area (Å²) >= 11 is 0. The van der Waals surface area contributed by atoms with Gasteiger partial charge in [-0.05, 0) is 31.4 Å². The average molecular weight is 261 g/mol. The second-order valence-electron chi connectivity index (χ2n) is 4.91. The van der Waals surface area contributed by atoms with Gasteiger partial charge in [0.05, 0.1) is 6.04 Å². The smallest absolute Gasteiger partial charge is 0.249 e. The van der Waals surface area contributed by atoms with Crippen molar-refractivity contribution in [1.82, 2.24) is 10.6 Å². The maximum absolute atomic E-state index is 11.8. The third kappa shape index (κ3) is 3.79. The predicted molar refractivity (Wildman–Crippen MR) is 72.4 cm³/mol. The molecule has 1 unspecified atom stereocenters. The Morgan fingerprint density at radius 3 is 2.68 bits per heavy atom. The van der Waals surface area contributed by atoms with Gasteiger partial charge in [-0.25, -0.2) is 0 Å². The zero-order chi connectivity index (χ0) is 13.8.